The number of hydrogen-bond donors (Lipinski definition) is 1. The van der Waals surface area contributed by atoms with Crippen LogP contribution in [-0.4, -0.2) is 6.04 Å². The second-order valence-electron chi connectivity index (χ2n) is 3.00. The molecule has 4 heteroatoms. The van der Waals surface area contributed by atoms with E-state index in [0.717, 1.165) is 0 Å². The summed E-state index contributed by atoms with van der Waals surface area (Å²) in [7, 11) is 0. The number of anilines is 1. The predicted molar refractivity (Wildman–Crippen MR) is 57.4 cm³/mol. The van der Waals surface area contributed by atoms with Gasteiger partial charge in [-0.1, -0.05) is 6.07 Å². The quantitative estimate of drug-likeness (QED) is 0.901. The summed E-state index contributed by atoms with van der Waals surface area (Å²) >= 11 is 3.24. The Balaban J connectivity index is 2.81. The number of benzene rings is 1. The van der Waals surface area contributed by atoms with Gasteiger partial charge in [0.25, 0.3) is 0 Å². The van der Waals surface area contributed by atoms with Crippen LogP contribution < -0.4 is 5.32 Å². The van der Waals surface area contributed by atoms with Crippen LogP contribution in [0.25, 0.3) is 0 Å². The van der Waals surface area contributed by atoms with Crippen LogP contribution in [0, 0.1) is 17.1 Å². The fourth-order valence-corrected chi connectivity index (χ4v) is 1.53. The first kappa shape index (κ1) is 11.0. The minimum absolute atomic E-state index is 0.0619. The van der Waals surface area contributed by atoms with E-state index in [-0.39, 0.29) is 11.9 Å². The normalized spacial score (nSPS) is 11.9. The summed E-state index contributed by atoms with van der Waals surface area (Å²) in [6.45, 7) is 1.84. The molecule has 0 aliphatic carbocycles. The van der Waals surface area contributed by atoms with E-state index in [4.69, 9.17) is 5.26 Å². The third-order valence-electron chi connectivity index (χ3n) is 1.75. The summed E-state index contributed by atoms with van der Waals surface area (Å²) in [6, 6.07) is 6.72. The minimum Gasteiger partial charge on any atom is -0.378 e. The van der Waals surface area contributed by atoms with Crippen molar-refractivity contribution in [3.8, 4) is 6.07 Å². The average Bonchev–Trinajstić information content (AvgIpc) is 2.12. The summed E-state index contributed by atoms with van der Waals surface area (Å²) in [5.74, 6) is -0.316. The Bertz CT molecular complexity index is 339. The number of nitriles is 1. The number of rotatable bonds is 3. The molecule has 1 rings (SSSR count). The number of nitrogens with one attached hydrogen (secondary N) is 1. The van der Waals surface area contributed by atoms with Crippen LogP contribution in [-0.2, 0) is 0 Å². The van der Waals surface area contributed by atoms with E-state index in [0.29, 0.717) is 16.6 Å². The van der Waals surface area contributed by atoms with Gasteiger partial charge >= 0.3 is 0 Å². The fourth-order valence-electron chi connectivity index (χ4n) is 1.07. The lowest BCUT2D eigenvalue weighted by atomic mass is 10.2. The zero-order valence-electron chi connectivity index (χ0n) is 7.72. The molecule has 1 atom stereocenters. The van der Waals surface area contributed by atoms with E-state index >= 15 is 0 Å². The molecule has 0 amide bonds. The van der Waals surface area contributed by atoms with E-state index in [1.807, 2.05) is 13.0 Å². The fraction of sp³-hybridized carbons (Fsp3) is 0.300. The van der Waals surface area contributed by atoms with Crippen LogP contribution in [0.2, 0.25) is 0 Å². The molecule has 74 valence electrons. The van der Waals surface area contributed by atoms with Gasteiger partial charge in [0, 0.05) is 10.5 Å². The van der Waals surface area contributed by atoms with Crippen molar-refractivity contribution < 1.29 is 4.39 Å². The topological polar surface area (TPSA) is 35.8 Å². The Morgan fingerprint density at radius 1 is 1.64 bits per heavy atom. The monoisotopic (exact) mass is 256 g/mol. The Kier molecular flexibility index (Phi) is 3.90. The molecule has 1 unspecified atom stereocenters. The van der Waals surface area contributed by atoms with Gasteiger partial charge < -0.3 is 5.32 Å². The molecule has 0 spiro atoms. The zero-order valence-corrected chi connectivity index (χ0v) is 9.31. The Hall–Kier alpha value is -1.08. The van der Waals surface area contributed by atoms with Crippen molar-refractivity contribution in [1.82, 2.24) is 0 Å². The van der Waals surface area contributed by atoms with Crippen LogP contribution in [0.5, 0.6) is 0 Å². The molecule has 0 aliphatic rings. The third kappa shape index (κ3) is 2.71. The van der Waals surface area contributed by atoms with Gasteiger partial charge in [0.1, 0.15) is 5.82 Å². The Labute approximate surface area is 90.9 Å². The van der Waals surface area contributed by atoms with E-state index in [2.05, 4.69) is 21.2 Å². The van der Waals surface area contributed by atoms with Crippen molar-refractivity contribution in [1.29, 1.82) is 5.26 Å². The molecule has 0 heterocycles. The summed E-state index contributed by atoms with van der Waals surface area (Å²) in [4.78, 5) is 0. The van der Waals surface area contributed by atoms with Crippen molar-refractivity contribution in [2.24, 2.45) is 0 Å². The van der Waals surface area contributed by atoms with Gasteiger partial charge in [0.15, 0.2) is 0 Å². The first-order valence-corrected chi connectivity index (χ1v) is 5.02. The molecule has 0 saturated heterocycles. The molecule has 0 aliphatic heterocycles. The molecular formula is C10H10BrFN2. The molecule has 14 heavy (non-hydrogen) atoms. The molecule has 1 N–H and O–H groups in total. The van der Waals surface area contributed by atoms with Crippen molar-refractivity contribution in [3.63, 3.8) is 0 Å². The van der Waals surface area contributed by atoms with Crippen LogP contribution in [0.15, 0.2) is 22.7 Å². The minimum atomic E-state index is -0.316. The van der Waals surface area contributed by atoms with E-state index in [1.165, 1.54) is 6.07 Å². The first-order chi connectivity index (χ1) is 6.65. The highest BCUT2D eigenvalue weighted by molar-refractivity contribution is 9.10. The molecule has 0 bridgehead atoms. The lowest BCUT2D eigenvalue weighted by molar-refractivity contribution is 0.625. The molecular weight excluding hydrogens is 247 g/mol. The standard InChI is InChI=1S/C10H10BrFN2/c1-7(5-6-13)14-10-8(11)3-2-4-9(10)12/h2-4,7,14H,5H2,1H3. The maximum Gasteiger partial charge on any atom is 0.147 e. The summed E-state index contributed by atoms with van der Waals surface area (Å²) in [6.07, 6.45) is 0.348. The van der Waals surface area contributed by atoms with Crippen LogP contribution in [0.3, 0.4) is 0 Å². The first-order valence-electron chi connectivity index (χ1n) is 4.22. The number of nitrogens with zero attached hydrogens (tertiary/aromatic N) is 1. The SMILES string of the molecule is CC(CC#N)Nc1c(F)cccc1Br. The molecule has 0 radical (unpaired) electrons. The summed E-state index contributed by atoms with van der Waals surface area (Å²) in [5.41, 5.74) is 0.412. The molecule has 0 saturated carbocycles. The highest BCUT2D eigenvalue weighted by atomic mass is 79.9. The maximum atomic E-state index is 13.3. The van der Waals surface area contributed by atoms with Crippen molar-refractivity contribution in [2.75, 3.05) is 5.32 Å². The average molecular weight is 257 g/mol. The van der Waals surface area contributed by atoms with Crippen LogP contribution >= 0.6 is 15.9 Å². The highest BCUT2D eigenvalue weighted by Gasteiger charge is 2.08. The van der Waals surface area contributed by atoms with Crippen LogP contribution in [0.1, 0.15) is 13.3 Å². The molecule has 1 aromatic carbocycles. The smallest absolute Gasteiger partial charge is 0.147 e. The van der Waals surface area contributed by atoms with Crippen molar-refractivity contribution >= 4 is 21.6 Å². The Morgan fingerprint density at radius 2 is 2.36 bits per heavy atom. The van der Waals surface area contributed by atoms with Crippen LogP contribution in [0.4, 0.5) is 10.1 Å². The number of halogens is 2. The largest absolute Gasteiger partial charge is 0.378 e. The van der Waals surface area contributed by atoms with Crippen molar-refractivity contribution in [3.05, 3.63) is 28.5 Å². The van der Waals surface area contributed by atoms with Gasteiger partial charge in [-0.25, -0.2) is 4.39 Å². The second-order valence-corrected chi connectivity index (χ2v) is 3.86. The maximum absolute atomic E-state index is 13.3. The van der Waals surface area contributed by atoms with E-state index in [1.54, 1.807) is 12.1 Å². The predicted octanol–water partition coefficient (Wildman–Crippen LogP) is 3.30. The van der Waals surface area contributed by atoms with Gasteiger partial charge in [-0.15, -0.1) is 0 Å². The zero-order chi connectivity index (χ0) is 10.6. The lowest BCUT2D eigenvalue weighted by Gasteiger charge is -2.13. The molecule has 1 aromatic rings. The Morgan fingerprint density at radius 3 is 2.93 bits per heavy atom. The molecule has 2 nitrogen and oxygen atoms in total. The summed E-state index contributed by atoms with van der Waals surface area (Å²) < 4.78 is 13.9. The van der Waals surface area contributed by atoms with Crippen molar-refractivity contribution in [2.45, 2.75) is 19.4 Å². The highest BCUT2D eigenvalue weighted by Crippen LogP contribution is 2.25. The molecule has 0 fully saturated rings. The second kappa shape index (κ2) is 4.97. The lowest BCUT2D eigenvalue weighted by Crippen LogP contribution is -2.15. The van der Waals surface area contributed by atoms with Gasteiger partial charge in [0.2, 0.25) is 0 Å². The van der Waals surface area contributed by atoms with E-state index in [9.17, 15) is 4.39 Å². The van der Waals surface area contributed by atoms with E-state index < -0.39 is 0 Å². The summed E-state index contributed by atoms with van der Waals surface area (Å²) in [5, 5.41) is 11.4. The van der Waals surface area contributed by atoms with Gasteiger partial charge in [0.05, 0.1) is 18.2 Å². The van der Waals surface area contributed by atoms with Gasteiger partial charge in [-0.3, -0.25) is 0 Å². The van der Waals surface area contributed by atoms with Gasteiger partial charge in [-0.2, -0.15) is 5.26 Å². The van der Waals surface area contributed by atoms with Gasteiger partial charge in [-0.05, 0) is 35.0 Å². The number of para-hydroxylation sites is 1. The molecule has 0 aromatic heterocycles. The number of hydrogen-bond acceptors (Lipinski definition) is 2. The third-order valence-corrected chi connectivity index (χ3v) is 2.41.